The van der Waals surface area contributed by atoms with Gasteiger partial charge in [-0.3, -0.25) is 14.3 Å². The van der Waals surface area contributed by atoms with Crippen LogP contribution in [0.25, 0.3) is 17.1 Å². The van der Waals surface area contributed by atoms with E-state index in [1.54, 1.807) is 24.0 Å². The van der Waals surface area contributed by atoms with Gasteiger partial charge in [0.2, 0.25) is 0 Å². The van der Waals surface area contributed by atoms with Crippen molar-refractivity contribution in [3.63, 3.8) is 0 Å². The first kappa shape index (κ1) is 24.8. The number of aromatic nitrogens is 5. The van der Waals surface area contributed by atoms with Crippen LogP contribution in [-0.2, 0) is 12.0 Å². The Morgan fingerprint density at radius 1 is 1.03 bits per heavy atom. The standard InChI is InChI=1S/C26H28BrN5O3/c1-14-10-28-19(23-15(2)11-29-25(31-23)26(5,6)7)9-20(14)32-16(3)8-21(22(27)24(32)33)35-13-18-12-34-17(4)30-18/h8-12H,13H2,1-7H3. The number of pyridine rings is 2. The first-order chi connectivity index (χ1) is 16.5. The molecule has 0 amide bonds. The Morgan fingerprint density at radius 2 is 1.74 bits per heavy atom. The highest BCUT2D eigenvalue weighted by Gasteiger charge is 2.21. The number of ether oxygens (including phenoxy) is 1. The van der Waals surface area contributed by atoms with Gasteiger partial charge in [-0.1, -0.05) is 20.8 Å². The average molecular weight is 538 g/mol. The molecule has 0 spiro atoms. The van der Waals surface area contributed by atoms with Gasteiger partial charge in [-0.2, -0.15) is 0 Å². The Hall–Kier alpha value is -3.33. The van der Waals surface area contributed by atoms with Gasteiger partial charge in [-0.05, 0) is 53.9 Å². The van der Waals surface area contributed by atoms with Crippen LogP contribution in [0.2, 0.25) is 0 Å². The number of nitrogens with zero attached hydrogens (tertiary/aromatic N) is 5. The van der Waals surface area contributed by atoms with Crippen LogP contribution >= 0.6 is 15.9 Å². The van der Waals surface area contributed by atoms with Crippen molar-refractivity contribution in [3.05, 3.63) is 79.8 Å². The number of aryl methyl sites for hydroxylation is 4. The lowest BCUT2D eigenvalue weighted by Crippen LogP contribution is -2.23. The fourth-order valence-electron chi connectivity index (χ4n) is 3.66. The lowest BCUT2D eigenvalue weighted by molar-refractivity contribution is 0.297. The van der Waals surface area contributed by atoms with Crippen molar-refractivity contribution in [2.24, 2.45) is 0 Å². The highest BCUT2D eigenvalue weighted by Crippen LogP contribution is 2.29. The van der Waals surface area contributed by atoms with E-state index in [0.29, 0.717) is 27.5 Å². The summed E-state index contributed by atoms with van der Waals surface area (Å²) >= 11 is 3.43. The Kier molecular flexibility index (Phi) is 6.64. The highest BCUT2D eigenvalue weighted by molar-refractivity contribution is 9.10. The van der Waals surface area contributed by atoms with Crippen LogP contribution in [0.1, 0.15) is 55.0 Å². The molecule has 8 nitrogen and oxygen atoms in total. The van der Waals surface area contributed by atoms with Crippen LogP contribution in [0.5, 0.6) is 5.75 Å². The third kappa shape index (κ3) is 5.05. The van der Waals surface area contributed by atoms with Crippen LogP contribution in [-0.4, -0.2) is 24.5 Å². The first-order valence-corrected chi connectivity index (χ1v) is 12.0. The molecule has 0 aromatic carbocycles. The van der Waals surface area contributed by atoms with E-state index in [4.69, 9.17) is 14.1 Å². The van der Waals surface area contributed by atoms with Crippen LogP contribution in [0.15, 0.2) is 44.5 Å². The summed E-state index contributed by atoms with van der Waals surface area (Å²) < 4.78 is 13.1. The molecule has 4 aromatic rings. The lowest BCUT2D eigenvalue weighted by Gasteiger charge is -2.19. The second-order valence-corrected chi connectivity index (χ2v) is 10.4. The van der Waals surface area contributed by atoms with Crippen molar-refractivity contribution in [3.8, 4) is 22.8 Å². The zero-order valence-electron chi connectivity index (χ0n) is 20.9. The summed E-state index contributed by atoms with van der Waals surface area (Å²) in [5.41, 5.74) is 4.88. The number of rotatable bonds is 5. The smallest absolute Gasteiger partial charge is 0.273 e. The second-order valence-electron chi connectivity index (χ2n) is 9.58. The molecule has 0 saturated heterocycles. The molecule has 4 aromatic heterocycles. The van der Waals surface area contributed by atoms with Gasteiger partial charge in [0.05, 0.1) is 17.1 Å². The molecule has 0 N–H and O–H groups in total. The van der Waals surface area contributed by atoms with Gasteiger partial charge in [-0.15, -0.1) is 0 Å². The number of halogens is 1. The highest BCUT2D eigenvalue weighted by atomic mass is 79.9. The summed E-state index contributed by atoms with van der Waals surface area (Å²) in [6.45, 7) is 13.9. The number of hydrogen-bond acceptors (Lipinski definition) is 7. The average Bonchev–Trinajstić information content (AvgIpc) is 3.21. The zero-order chi connectivity index (χ0) is 25.5. The van der Waals surface area contributed by atoms with Gasteiger partial charge in [-0.25, -0.2) is 15.0 Å². The van der Waals surface area contributed by atoms with E-state index in [9.17, 15) is 4.79 Å². The molecule has 182 valence electrons. The van der Waals surface area contributed by atoms with E-state index in [1.807, 2.05) is 39.1 Å². The molecule has 0 saturated carbocycles. The molecule has 0 unspecified atom stereocenters. The van der Waals surface area contributed by atoms with Crippen molar-refractivity contribution in [1.82, 2.24) is 24.5 Å². The van der Waals surface area contributed by atoms with Crippen LogP contribution < -0.4 is 10.3 Å². The van der Waals surface area contributed by atoms with Crippen LogP contribution in [0.3, 0.4) is 0 Å². The molecule has 0 aliphatic rings. The van der Waals surface area contributed by atoms with E-state index in [1.165, 1.54) is 0 Å². The molecule has 0 aliphatic heterocycles. The van der Waals surface area contributed by atoms with Crippen molar-refractivity contribution >= 4 is 15.9 Å². The molecule has 0 bridgehead atoms. The van der Waals surface area contributed by atoms with E-state index in [-0.39, 0.29) is 17.6 Å². The summed E-state index contributed by atoms with van der Waals surface area (Å²) in [6, 6.07) is 3.72. The summed E-state index contributed by atoms with van der Waals surface area (Å²) in [5, 5.41) is 0. The first-order valence-electron chi connectivity index (χ1n) is 11.2. The van der Waals surface area contributed by atoms with Crippen molar-refractivity contribution in [2.75, 3.05) is 0 Å². The second kappa shape index (κ2) is 9.37. The monoisotopic (exact) mass is 537 g/mol. The maximum atomic E-state index is 13.4. The van der Waals surface area contributed by atoms with Crippen molar-refractivity contribution in [2.45, 2.75) is 60.5 Å². The van der Waals surface area contributed by atoms with Crippen molar-refractivity contribution in [1.29, 1.82) is 0 Å². The Labute approximate surface area is 212 Å². The van der Waals surface area contributed by atoms with Gasteiger partial charge >= 0.3 is 0 Å². The predicted molar refractivity (Wildman–Crippen MR) is 137 cm³/mol. The topological polar surface area (TPSA) is 95.9 Å². The minimum atomic E-state index is -0.230. The maximum Gasteiger partial charge on any atom is 0.273 e. The van der Waals surface area contributed by atoms with E-state index in [2.05, 4.69) is 51.7 Å². The van der Waals surface area contributed by atoms with Gasteiger partial charge in [0.25, 0.3) is 5.56 Å². The fourth-order valence-corrected chi connectivity index (χ4v) is 4.06. The maximum absolute atomic E-state index is 13.4. The summed E-state index contributed by atoms with van der Waals surface area (Å²) in [7, 11) is 0. The summed E-state index contributed by atoms with van der Waals surface area (Å²) in [4.78, 5) is 31.6. The largest absolute Gasteiger partial charge is 0.486 e. The molecule has 0 fully saturated rings. The van der Waals surface area contributed by atoms with Crippen molar-refractivity contribution < 1.29 is 9.15 Å². The third-order valence-electron chi connectivity index (χ3n) is 5.54. The predicted octanol–water partition coefficient (Wildman–Crippen LogP) is 5.55. The Morgan fingerprint density at radius 3 is 2.40 bits per heavy atom. The lowest BCUT2D eigenvalue weighted by atomic mass is 9.95. The van der Waals surface area contributed by atoms with Gasteiger partial charge in [0.1, 0.15) is 34.6 Å². The number of oxazole rings is 1. The molecule has 4 heterocycles. The van der Waals surface area contributed by atoms with Gasteiger partial charge < -0.3 is 9.15 Å². The van der Waals surface area contributed by atoms with Crippen LogP contribution in [0, 0.1) is 27.7 Å². The molecule has 0 atom stereocenters. The quantitative estimate of drug-likeness (QED) is 0.329. The number of hydrogen-bond donors (Lipinski definition) is 0. The normalized spacial score (nSPS) is 11.7. The molecular weight excluding hydrogens is 510 g/mol. The summed E-state index contributed by atoms with van der Waals surface area (Å²) in [6.07, 6.45) is 5.13. The van der Waals surface area contributed by atoms with E-state index in [0.717, 1.165) is 34.0 Å². The van der Waals surface area contributed by atoms with E-state index >= 15 is 0 Å². The minimum Gasteiger partial charge on any atom is -0.486 e. The third-order valence-corrected chi connectivity index (χ3v) is 6.27. The van der Waals surface area contributed by atoms with E-state index < -0.39 is 0 Å². The van der Waals surface area contributed by atoms with Crippen LogP contribution in [0.4, 0.5) is 0 Å². The minimum absolute atomic E-state index is 0.195. The SMILES string of the molecule is Cc1nc(COc2cc(C)n(-c3cc(-c4nc(C(C)(C)C)ncc4C)ncc3C)c(=O)c2Br)co1. The molecule has 35 heavy (non-hydrogen) atoms. The molecule has 0 aliphatic carbocycles. The molecular formula is C26H28BrN5O3. The molecule has 9 heteroatoms. The molecule has 4 rings (SSSR count). The Bertz CT molecular complexity index is 1470. The summed E-state index contributed by atoms with van der Waals surface area (Å²) in [5.74, 6) is 1.74. The van der Waals surface area contributed by atoms with Gasteiger partial charge in [0, 0.05) is 36.5 Å². The van der Waals surface area contributed by atoms with Gasteiger partial charge in [0.15, 0.2) is 5.89 Å². The zero-order valence-corrected chi connectivity index (χ0v) is 22.5. The molecule has 0 radical (unpaired) electrons. The fraction of sp³-hybridized carbons (Fsp3) is 0.346. The Balaban J connectivity index is 1.76.